The third-order valence-electron chi connectivity index (χ3n) is 0.817. The molecule has 0 atom stereocenters. The Kier molecular flexibility index (Phi) is 2.59. The van der Waals surface area contributed by atoms with Gasteiger partial charge in [0.15, 0.2) is 9.62 Å². The monoisotopic (exact) mass is 237 g/mol. The largest absolute Gasteiger partial charge is 0.360 e. The van der Waals surface area contributed by atoms with Gasteiger partial charge in [-0.15, -0.1) is 0 Å². The van der Waals surface area contributed by atoms with Crippen LogP contribution in [0, 0.1) is 0 Å². The van der Waals surface area contributed by atoms with Crippen molar-refractivity contribution in [1.82, 2.24) is 4.98 Å². The van der Waals surface area contributed by atoms with Crippen LogP contribution in [0.1, 0.15) is 4.88 Å². The van der Waals surface area contributed by atoms with E-state index in [1.807, 2.05) is 0 Å². The first kappa shape index (κ1) is 9.45. The molecular weight excluding hydrogens is 238 g/mol. The number of aromatic nitrogens is 1. The maximum Gasteiger partial charge on any atom is 0.360 e. The molecule has 1 aromatic rings. The number of hydrogen-bond donors (Lipinski definition) is 0. The molecule has 0 spiro atoms. The molecular formula is C4Cl3F2NS. The summed E-state index contributed by atoms with van der Waals surface area (Å²) in [7, 11) is 0. The van der Waals surface area contributed by atoms with Gasteiger partial charge in [0.25, 0.3) is 0 Å². The normalized spacial score (nSPS) is 12.1. The molecule has 0 aliphatic heterocycles. The number of rotatable bonds is 1. The van der Waals surface area contributed by atoms with E-state index < -0.39 is 10.3 Å². The SMILES string of the molecule is FC(F)(Cl)c1sc(Cl)nc1Cl. The molecule has 1 nitrogen and oxygen atoms in total. The standard InChI is InChI=1S/C4Cl3F2NS/c5-2-1(4(7,8)9)11-3(6)10-2. The summed E-state index contributed by atoms with van der Waals surface area (Å²) in [6.07, 6.45) is 0. The summed E-state index contributed by atoms with van der Waals surface area (Å²) in [5, 5.41) is -3.83. The molecule has 0 unspecified atom stereocenters. The number of hydrogen-bond acceptors (Lipinski definition) is 2. The Morgan fingerprint density at radius 2 is 1.91 bits per heavy atom. The first-order valence-electron chi connectivity index (χ1n) is 2.30. The van der Waals surface area contributed by atoms with Crippen LogP contribution in [0.15, 0.2) is 0 Å². The Hall–Kier alpha value is 0.360. The van der Waals surface area contributed by atoms with Gasteiger partial charge in [-0.3, -0.25) is 0 Å². The van der Waals surface area contributed by atoms with E-state index in [1.54, 1.807) is 0 Å². The summed E-state index contributed by atoms with van der Waals surface area (Å²) < 4.78 is 24.6. The number of halogens is 5. The van der Waals surface area contributed by atoms with E-state index >= 15 is 0 Å². The summed E-state index contributed by atoms with van der Waals surface area (Å²) in [6, 6.07) is 0. The molecule has 11 heavy (non-hydrogen) atoms. The van der Waals surface area contributed by atoms with Gasteiger partial charge in [0.1, 0.15) is 4.88 Å². The molecule has 0 aliphatic rings. The third-order valence-corrected chi connectivity index (χ3v) is 2.73. The second-order valence-electron chi connectivity index (χ2n) is 1.58. The average Bonchev–Trinajstić information content (AvgIpc) is 2.08. The van der Waals surface area contributed by atoms with Crippen molar-refractivity contribution in [3.8, 4) is 0 Å². The van der Waals surface area contributed by atoms with Gasteiger partial charge in [-0.2, -0.15) is 8.78 Å². The van der Waals surface area contributed by atoms with Crippen LogP contribution in [0.25, 0.3) is 0 Å². The lowest BCUT2D eigenvalue weighted by molar-refractivity contribution is 0.0992. The summed E-state index contributed by atoms with van der Waals surface area (Å²) in [4.78, 5) is 2.84. The molecule has 1 heterocycles. The van der Waals surface area contributed by atoms with E-state index in [4.69, 9.17) is 23.2 Å². The second-order valence-corrected chi connectivity index (χ2v) is 4.00. The van der Waals surface area contributed by atoms with Crippen LogP contribution in [0.2, 0.25) is 9.62 Å². The van der Waals surface area contributed by atoms with Crippen LogP contribution >= 0.6 is 46.1 Å². The lowest BCUT2D eigenvalue weighted by Gasteiger charge is -2.02. The van der Waals surface area contributed by atoms with Gasteiger partial charge in [-0.1, -0.05) is 34.5 Å². The van der Waals surface area contributed by atoms with Crippen LogP contribution in [0.3, 0.4) is 0 Å². The van der Waals surface area contributed by atoms with Crippen molar-refractivity contribution in [2.75, 3.05) is 0 Å². The Bertz CT molecular complexity index is 269. The topological polar surface area (TPSA) is 12.9 Å². The maximum atomic E-state index is 12.3. The molecule has 0 saturated carbocycles. The van der Waals surface area contributed by atoms with Crippen molar-refractivity contribution in [3.63, 3.8) is 0 Å². The van der Waals surface area contributed by atoms with Crippen LogP contribution in [-0.4, -0.2) is 4.98 Å². The fraction of sp³-hybridized carbons (Fsp3) is 0.250. The fourth-order valence-corrected chi connectivity index (χ4v) is 1.98. The van der Waals surface area contributed by atoms with Gasteiger partial charge < -0.3 is 0 Å². The Morgan fingerprint density at radius 1 is 1.36 bits per heavy atom. The first-order chi connectivity index (χ1) is 4.91. The molecule has 0 N–H and O–H groups in total. The highest BCUT2D eigenvalue weighted by molar-refractivity contribution is 7.16. The maximum absolute atomic E-state index is 12.3. The van der Waals surface area contributed by atoms with Gasteiger partial charge in [-0.25, -0.2) is 4.98 Å². The summed E-state index contributed by atoms with van der Waals surface area (Å²) in [5.41, 5.74) is 0. The molecule has 7 heteroatoms. The van der Waals surface area contributed by atoms with E-state index in [1.165, 1.54) is 0 Å². The number of alkyl halides is 3. The van der Waals surface area contributed by atoms with Crippen molar-refractivity contribution in [2.45, 2.75) is 5.38 Å². The van der Waals surface area contributed by atoms with Crippen molar-refractivity contribution < 1.29 is 8.78 Å². The summed E-state index contributed by atoms with van der Waals surface area (Å²) in [5.74, 6) is 0. The van der Waals surface area contributed by atoms with Crippen LogP contribution in [0.5, 0.6) is 0 Å². The van der Waals surface area contributed by atoms with Crippen molar-refractivity contribution >= 4 is 46.1 Å². The predicted molar refractivity (Wildman–Crippen MR) is 41.9 cm³/mol. The summed E-state index contributed by atoms with van der Waals surface area (Å²) >= 11 is 15.8. The second kappa shape index (κ2) is 3.01. The molecule has 0 saturated heterocycles. The molecule has 0 amide bonds. The molecule has 0 aliphatic carbocycles. The van der Waals surface area contributed by atoms with Crippen LogP contribution in [-0.2, 0) is 5.38 Å². The molecule has 1 rings (SSSR count). The molecule has 1 aromatic heterocycles. The summed E-state index contributed by atoms with van der Waals surface area (Å²) in [6.45, 7) is 0. The van der Waals surface area contributed by atoms with E-state index in [-0.39, 0.29) is 9.62 Å². The first-order valence-corrected chi connectivity index (χ1v) is 4.25. The van der Waals surface area contributed by atoms with E-state index in [0.29, 0.717) is 11.3 Å². The van der Waals surface area contributed by atoms with Gasteiger partial charge in [0, 0.05) is 0 Å². The molecule has 0 radical (unpaired) electrons. The smallest absolute Gasteiger partial charge is 0.212 e. The molecule has 0 aromatic carbocycles. The Morgan fingerprint density at radius 3 is 2.09 bits per heavy atom. The number of thiazole rings is 1. The average molecular weight is 238 g/mol. The molecule has 0 fully saturated rings. The Labute approximate surface area is 79.9 Å². The zero-order chi connectivity index (χ0) is 8.65. The van der Waals surface area contributed by atoms with Crippen LogP contribution in [0.4, 0.5) is 8.78 Å². The highest BCUT2D eigenvalue weighted by Gasteiger charge is 2.34. The Balaban J connectivity index is 3.13. The quantitative estimate of drug-likeness (QED) is 0.679. The van der Waals surface area contributed by atoms with E-state index in [9.17, 15) is 8.78 Å². The van der Waals surface area contributed by atoms with E-state index in [0.717, 1.165) is 0 Å². The lowest BCUT2D eigenvalue weighted by atomic mass is 10.6. The minimum Gasteiger partial charge on any atom is -0.212 e. The predicted octanol–water partition coefficient (Wildman–Crippen LogP) is 3.74. The zero-order valence-electron chi connectivity index (χ0n) is 4.75. The minimum atomic E-state index is -3.48. The number of nitrogens with zero attached hydrogens (tertiary/aromatic N) is 1. The highest BCUT2D eigenvalue weighted by atomic mass is 35.5. The third kappa shape index (κ3) is 2.15. The van der Waals surface area contributed by atoms with Crippen molar-refractivity contribution in [2.24, 2.45) is 0 Å². The van der Waals surface area contributed by atoms with Gasteiger partial charge >= 0.3 is 5.38 Å². The zero-order valence-corrected chi connectivity index (χ0v) is 7.83. The lowest BCUT2D eigenvalue weighted by Crippen LogP contribution is -2.00. The van der Waals surface area contributed by atoms with Crippen molar-refractivity contribution in [1.29, 1.82) is 0 Å². The van der Waals surface area contributed by atoms with Crippen LogP contribution < -0.4 is 0 Å². The van der Waals surface area contributed by atoms with E-state index in [2.05, 4.69) is 16.6 Å². The molecule has 0 bridgehead atoms. The highest BCUT2D eigenvalue weighted by Crippen LogP contribution is 2.41. The van der Waals surface area contributed by atoms with Gasteiger partial charge in [0.05, 0.1) is 0 Å². The molecule has 62 valence electrons. The minimum absolute atomic E-state index is 0.0506. The van der Waals surface area contributed by atoms with Gasteiger partial charge in [0.2, 0.25) is 0 Å². The van der Waals surface area contributed by atoms with Crippen molar-refractivity contribution in [3.05, 3.63) is 14.5 Å². The fourth-order valence-electron chi connectivity index (χ4n) is 0.452. The van der Waals surface area contributed by atoms with Gasteiger partial charge in [-0.05, 0) is 11.6 Å².